The van der Waals surface area contributed by atoms with Gasteiger partial charge in [0.2, 0.25) is 11.7 Å². The topological polar surface area (TPSA) is 98.9 Å². The molecule has 1 atom stereocenters. The van der Waals surface area contributed by atoms with Gasteiger partial charge in [0.25, 0.3) is 0 Å². The molecule has 2 N–H and O–H groups in total. The maximum absolute atomic E-state index is 12.4. The van der Waals surface area contributed by atoms with Crippen LogP contribution in [0.25, 0.3) is 0 Å². The Labute approximate surface area is 183 Å². The summed E-state index contributed by atoms with van der Waals surface area (Å²) >= 11 is 12.2. The fourth-order valence-corrected chi connectivity index (χ4v) is 3.67. The molecule has 0 bridgehead atoms. The van der Waals surface area contributed by atoms with Crippen LogP contribution >= 0.6 is 23.2 Å². The van der Waals surface area contributed by atoms with E-state index in [9.17, 15) is 14.4 Å². The second kappa shape index (κ2) is 9.36. The number of methoxy groups -OCH3 is 1. The van der Waals surface area contributed by atoms with E-state index in [-0.39, 0.29) is 37.5 Å². The molecule has 1 aliphatic carbocycles. The molecule has 2 aliphatic rings. The van der Waals surface area contributed by atoms with E-state index in [1.165, 1.54) is 13.2 Å². The van der Waals surface area contributed by atoms with Crippen LogP contribution in [0.15, 0.2) is 53.5 Å². The fraction of sp³-hybridized carbons (Fsp3) is 0.286. The number of carbonyl (C=O) groups is 3. The first kappa shape index (κ1) is 21.9. The van der Waals surface area contributed by atoms with Crippen LogP contribution in [0.1, 0.15) is 18.4 Å². The van der Waals surface area contributed by atoms with Crippen LogP contribution in [0.3, 0.4) is 0 Å². The number of esters is 1. The predicted octanol–water partition coefficient (Wildman–Crippen LogP) is 2.91. The zero-order valence-electron chi connectivity index (χ0n) is 16.2. The number of halogens is 2. The highest BCUT2D eigenvalue weighted by Gasteiger charge is 2.33. The number of hydrogen-bond acceptors (Lipinski definition) is 6. The molecule has 1 aliphatic heterocycles. The van der Waals surface area contributed by atoms with Crippen molar-refractivity contribution >= 4 is 40.9 Å². The number of rotatable bonds is 8. The average molecular weight is 451 g/mol. The molecule has 0 spiro atoms. The van der Waals surface area contributed by atoms with Gasteiger partial charge in [-0.15, -0.1) is 0 Å². The number of fused-ring (bicyclic) bond motifs is 1. The predicted molar refractivity (Wildman–Crippen MR) is 111 cm³/mol. The molecule has 1 heterocycles. The second-order valence-corrected chi connectivity index (χ2v) is 7.66. The molecular weight excluding hydrogens is 431 g/mol. The third-order valence-electron chi connectivity index (χ3n) is 4.86. The van der Waals surface area contributed by atoms with Gasteiger partial charge >= 0.3 is 5.97 Å². The summed E-state index contributed by atoms with van der Waals surface area (Å²) in [4.78, 5) is 37.6. The summed E-state index contributed by atoms with van der Waals surface area (Å²) in [6.07, 6.45) is 5.05. The molecule has 0 radical (unpaired) electrons. The first-order valence-corrected chi connectivity index (χ1v) is 9.92. The van der Waals surface area contributed by atoms with E-state index in [0.717, 1.165) is 5.57 Å². The molecule has 30 heavy (non-hydrogen) atoms. The molecule has 1 amide bonds. The number of amides is 1. The Morgan fingerprint density at radius 2 is 2.03 bits per heavy atom. The summed E-state index contributed by atoms with van der Waals surface area (Å²) in [5.74, 6) is -1.11. The van der Waals surface area contributed by atoms with Gasteiger partial charge in [0.15, 0.2) is 5.76 Å². The van der Waals surface area contributed by atoms with Gasteiger partial charge in [0, 0.05) is 40.3 Å². The molecule has 1 unspecified atom stereocenters. The van der Waals surface area contributed by atoms with Gasteiger partial charge in [0.1, 0.15) is 12.6 Å². The maximum atomic E-state index is 12.4. The number of ketones is 1. The van der Waals surface area contributed by atoms with E-state index in [1.54, 1.807) is 35.4 Å². The SMILES string of the molecule is COC(=O)CCC(C(N)=O)N1C=C2C=CC(=O)C(OCc3cc(Cl)ccc3Cl)=C2C1. The van der Waals surface area contributed by atoms with Crippen LogP contribution in [-0.2, 0) is 30.5 Å². The number of benzene rings is 1. The van der Waals surface area contributed by atoms with Gasteiger partial charge in [-0.25, -0.2) is 0 Å². The van der Waals surface area contributed by atoms with Crippen LogP contribution in [0.2, 0.25) is 10.0 Å². The van der Waals surface area contributed by atoms with Gasteiger partial charge in [-0.1, -0.05) is 23.2 Å². The number of ether oxygens (including phenoxy) is 2. The van der Waals surface area contributed by atoms with E-state index in [1.807, 2.05) is 0 Å². The Hall–Kier alpha value is -2.77. The van der Waals surface area contributed by atoms with E-state index < -0.39 is 17.9 Å². The van der Waals surface area contributed by atoms with Crippen molar-refractivity contribution in [3.05, 3.63) is 69.1 Å². The zero-order valence-corrected chi connectivity index (χ0v) is 17.7. The molecule has 3 rings (SSSR count). The van der Waals surface area contributed by atoms with Gasteiger partial charge in [-0.3, -0.25) is 14.4 Å². The Balaban J connectivity index is 1.79. The summed E-state index contributed by atoms with van der Waals surface area (Å²) in [5.41, 5.74) is 7.57. The monoisotopic (exact) mass is 450 g/mol. The molecule has 9 heteroatoms. The highest BCUT2D eigenvalue weighted by molar-refractivity contribution is 6.33. The van der Waals surface area contributed by atoms with Crippen molar-refractivity contribution in [1.82, 2.24) is 4.90 Å². The lowest BCUT2D eigenvalue weighted by molar-refractivity contribution is -0.141. The number of nitrogens with two attached hydrogens (primary N) is 1. The van der Waals surface area contributed by atoms with Crippen LogP contribution in [0.5, 0.6) is 0 Å². The van der Waals surface area contributed by atoms with Crippen LogP contribution < -0.4 is 5.73 Å². The first-order chi connectivity index (χ1) is 14.3. The zero-order chi connectivity index (χ0) is 21.8. The molecule has 1 aromatic carbocycles. The van der Waals surface area contributed by atoms with Crippen LogP contribution in [0, 0.1) is 0 Å². The lowest BCUT2D eigenvalue weighted by Gasteiger charge is -2.25. The summed E-state index contributed by atoms with van der Waals surface area (Å²) in [6, 6.07) is 4.27. The molecule has 0 saturated heterocycles. The maximum Gasteiger partial charge on any atom is 0.305 e. The average Bonchev–Trinajstić information content (AvgIpc) is 3.13. The third kappa shape index (κ3) is 4.86. The molecule has 7 nitrogen and oxygen atoms in total. The third-order valence-corrected chi connectivity index (χ3v) is 5.47. The highest BCUT2D eigenvalue weighted by atomic mass is 35.5. The molecule has 1 aromatic rings. The molecule has 0 fully saturated rings. The summed E-state index contributed by atoms with van der Waals surface area (Å²) < 4.78 is 10.4. The van der Waals surface area contributed by atoms with E-state index >= 15 is 0 Å². The van der Waals surface area contributed by atoms with Crippen LogP contribution in [-0.4, -0.2) is 42.3 Å². The quantitative estimate of drug-likeness (QED) is 0.611. The molecule has 158 valence electrons. The van der Waals surface area contributed by atoms with Crippen LogP contribution in [0.4, 0.5) is 0 Å². The lowest BCUT2D eigenvalue weighted by atomic mass is 10.00. The van der Waals surface area contributed by atoms with E-state index in [0.29, 0.717) is 21.2 Å². The van der Waals surface area contributed by atoms with Crippen molar-refractivity contribution in [2.45, 2.75) is 25.5 Å². The van der Waals surface area contributed by atoms with E-state index in [4.69, 9.17) is 33.7 Å². The minimum absolute atomic E-state index is 0.0498. The normalized spacial score (nSPS) is 16.3. The fourth-order valence-electron chi connectivity index (χ4n) is 3.30. The highest BCUT2D eigenvalue weighted by Crippen LogP contribution is 2.32. The number of nitrogens with zero attached hydrogens (tertiary/aromatic N) is 1. The minimum atomic E-state index is -0.721. The number of carbonyl (C=O) groups excluding carboxylic acids is 3. The minimum Gasteiger partial charge on any atom is -0.484 e. The summed E-state index contributed by atoms with van der Waals surface area (Å²) in [7, 11) is 1.28. The molecule has 0 aromatic heterocycles. The Morgan fingerprint density at radius 1 is 1.27 bits per heavy atom. The summed E-state index contributed by atoms with van der Waals surface area (Å²) in [5, 5.41) is 0.984. The van der Waals surface area contributed by atoms with Gasteiger partial charge in [0.05, 0.1) is 7.11 Å². The van der Waals surface area contributed by atoms with Crippen molar-refractivity contribution in [3.8, 4) is 0 Å². The molecule has 0 saturated carbocycles. The van der Waals surface area contributed by atoms with Gasteiger partial charge in [-0.05, 0) is 42.3 Å². The second-order valence-electron chi connectivity index (χ2n) is 6.82. The van der Waals surface area contributed by atoms with Gasteiger partial charge in [-0.2, -0.15) is 0 Å². The molecular formula is C21H20Cl2N2O5. The largest absolute Gasteiger partial charge is 0.484 e. The van der Waals surface area contributed by atoms with Crippen molar-refractivity contribution in [3.63, 3.8) is 0 Å². The number of hydrogen-bond donors (Lipinski definition) is 1. The van der Waals surface area contributed by atoms with Crippen molar-refractivity contribution in [2.75, 3.05) is 13.7 Å². The van der Waals surface area contributed by atoms with Crippen molar-refractivity contribution in [1.29, 1.82) is 0 Å². The van der Waals surface area contributed by atoms with Crippen molar-refractivity contribution in [2.24, 2.45) is 5.73 Å². The number of primary amides is 1. The Bertz CT molecular complexity index is 984. The van der Waals surface area contributed by atoms with Crippen molar-refractivity contribution < 1.29 is 23.9 Å². The number of allylic oxidation sites excluding steroid dienone is 2. The standard InChI is InChI=1S/C21H20Cl2N2O5/c1-29-19(27)7-5-17(21(24)28)25-9-12-2-6-18(26)20(15(12)10-25)30-11-13-8-14(22)3-4-16(13)23/h2-4,6,8-9,17H,5,7,10-11H2,1H3,(H2,24,28). The smallest absolute Gasteiger partial charge is 0.305 e. The Morgan fingerprint density at radius 3 is 2.73 bits per heavy atom. The summed E-state index contributed by atoms with van der Waals surface area (Å²) in [6.45, 7) is 0.311. The first-order valence-electron chi connectivity index (χ1n) is 9.16. The van der Waals surface area contributed by atoms with Gasteiger partial charge < -0.3 is 20.1 Å². The lowest BCUT2D eigenvalue weighted by Crippen LogP contribution is -2.41. The Kier molecular flexibility index (Phi) is 6.84. The van der Waals surface area contributed by atoms with E-state index in [2.05, 4.69) is 4.74 Å².